The van der Waals surface area contributed by atoms with Crippen molar-refractivity contribution in [1.29, 1.82) is 0 Å². The lowest BCUT2D eigenvalue weighted by molar-refractivity contribution is 0.178. The number of rotatable bonds is 3. The van der Waals surface area contributed by atoms with E-state index in [1.165, 1.54) is 6.07 Å². The van der Waals surface area contributed by atoms with Gasteiger partial charge in [-0.2, -0.15) is 0 Å². The Labute approximate surface area is 125 Å². The molecule has 1 atom stereocenters. The van der Waals surface area contributed by atoms with Crippen LogP contribution in [0.5, 0.6) is 0 Å². The zero-order valence-electron chi connectivity index (χ0n) is 10.3. The van der Waals surface area contributed by atoms with Crippen molar-refractivity contribution < 1.29 is 9.50 Å². The molecule has 0 aromatic heterocycles. The molecule has 0 aliphatic rings. The van der Waals surface area contributed by atoms with Crippen LogP contribution in [0.1, 0.15) is 22.8 Å². The van der Waals surface area contributed by atoms with Gasteiger partial charge in [0.15, 0.2) is 0 Å². The zero-order chi connectivity index (χ0) is 14.0. The molecule has 2 aromatic rings. The van der Waals surface area contributed by atoms with Crippen molar-refractivity contribution in [2.45, 2.75) is 19.4 Å². The maximum Gasteiger partial charge on any atom is 0.137 e. The molecule has 2 aromatic carbocycles. The van der Waals surface area contributed by atoms with Crippen molar-refractivity contribution in [1.82, 2.24) is 0 Å². The second-order valence-electron chi connectivity index (χ2n) is 4.44. The van der Waals surface area contributed by atoms with Crippen LogP contribution in [0.15, 0.2) is 40.9 Å². The first-order valence-electron chi connectivity index (χ1n) is 5.86. The molecule has 1 nitrogen and oxygen atoms in total. The minimum atomic E-state index is -0.712. The second kappa shape index (κ2) is 6.04. The maximum absolute atomic E-state index is 13.4. The van der Waals surface area contributed by atoms with Crippen molar-refractivity contribution in [3.8, 4) is 0 Å². The Balaban J connectivity index is 2.23. The molecule has 1 N–H and O–H groups in total. The van der Waals surface area contributed by atoms with Crippen molar-refractivity contribution in [2.75, 3.05) is 0 Å². The van der Waals surface area contributed by atoms with E-state index in [9.17, 15) is 9.50 Å². The molecule has 0 saturated carbocycles. The molecule has 0 saturated heterocycles. The van der Waals surface area contributed by atoms with Crippen LogP contribution in [0.3, 0.4) is 0 Å². The zero-order valence-corrected chi connectivity index (χ0v) is 12.7. The Morgan fingerprint density at radius 3 is 2.74 bits per heavy atom. The summed E-state index contributed by atoms with van der Waals surface area (Å²) in [4.78, 5) is 0. The minimum absolute atomic E-state index is 0.327. The molecular formula is C15H13BrClFO. The van der Waals surface area contributed by atoms with Gasteiger partial charge < -0.3 is 5.11 Å². The van der Waals surface area contributed by atoms with Crippen LogP contribution in [0.4, 0.5) is 4.39 Å². The van der Waals surface area contributed by atoms with E-state index in [0.29, 0.717) is 15.9 Å². The van der Waals surface area contributed by atoms with Crippen LogP contribution < -0.4 is 0 Å². The molecule has 0 bridgehead atoms. The Kier molecular flexibility index (Phi) is 4.61. The quantitative estimate of drug-likeness (QED) is 0.846. The molecule has 0 aliphatic carbocycles. The number of halogens is 3. The third kappa shape index (κ3) is 3.35. The Morgan fingerprint density at radius 2 is 2.05 bits per heavy atom. The van der Waals surface area contributed by atoms with Gasteiger partial charge in [-0.25, -0.2) is 4.39 Å². The molecule has 1 unspecified atom stereocenters. The molecule has 0 fully saturated rings. The lowest BCUT2D eigenvalue weighted by Crippen LogP contribution is -2.03. The van der Waals surface area contributed by atoms with E-state index in [4.69, 9.17) is 11.6 Å². The van der Waals surface area contributed by atoms with E-state index >= 15 is 0 Å². The van der Waals surface area contributed by atoms with Crippen LogP contribution >= 0.6 is 27.5 Å². The Bertz CT molecular complexity index is 601. The van der Waals surface area contributed by atoms with Gasteiger partial charge in [0.25, 0.3) is 0 Å². The van der Waals surface area contributed by atoms with Gasteiger partial charge in [0.1, 0.15) is 5.82 Å². The molecular weight excluding hydrogens is 331 g/mol. The van der Waals surface area contributed by atoms with Crippen LogP contribution in [-0.4, -0.2) is 5.11 Å². The van der Waals surface area contributed by atoms with E-state index in [0.717, 1.165) is 16.7 Å². The van der Waals surface area contributed by atoms with Crippen LogP contribution in [0.2, 0.25) is 5.02 Å². The fraction of sp³-hybridized carbons (Fsp3) is 0.200. The first-order valence-corrected chi connectivity index (χ1v) is 7.03. The number of aliphatic hydroxyl groups is 1. The molecule has 0 amide bonds. The smallest absolute Gasteiger partial charge is 0.137 e. The predicted molar refractivity (Wildman–Crippen MR) is 79.0 cm³/mol. The van der Waals surface area contributed by atoms with E-state index in [1.807, 2.05) is 19.1 Å². The van der Waals surface area contributed by atoms with E-state index in [1.54, 1.807) is 18.2 Å². The van der Waals surface area contributed by atoms with Crippen LogP contribution in [0.25, 0.3) is 0 Å². The summed E-state index contributed by atoms with van der Waals surface area (Å²) < 4.78 is 13.8. The third-order valence-electron chi connectivity index (χ3n) is 3.03. The summed E-state index contributed by atoms with van der Waals surface area (Å²) in [6.07, 6.45) is -0.381. The molecule has 100 valence electrons. The van der Waals surface area contributed by atoms with Gasteiger partial charge in [0.2, 0.25) is 0 Å². The normalized spacial score (nSPS) is 12.5. The van der Waals surface area contributed by atoms with E-state index in [2.05, 4.69) is 15.9 Å². The Hall–Kier alpha value is -0.900. The predicted octanol–water partition coefficient (Wildman–Crippen LogP) is 4.83. The monoisotopic (exact) mass is 342 g/mol. The molecule has 0 radical (unpaired) electrons. The third-order valence-corrected chi connectivity index (χ3v) is 4.32. The largest absolute Gasteiger partial charge is 0.388 e. The van der Waals surface area contributed by atoms with Gasteiger partial charge in [-0.3, -0.25) is 0 Å². The fourth-order valence-corrected chi connectivity index (χ4v) is 2.46. The topological polar surface area (TPSA) is 20.2 Å². The number of aryl methyl sites for hydroxylation is 1. The number of hydrogen-bond donors (Lipinski definition) is 1. The van der Waals surface area contributed by atoms with Gasteiger partial charge in [-0.15, -0.1) is 0 Å². The highest BCUT2D eigenvalue weighted by molar-refractivity contribution is 9.10. The highest BCUT2D eigenvalue weighted by Gasteiger charge is 2.13. The summed E-state index contributed by atoms with van der Waals surface area (Å²) in [6, 6.07) is 10.2. The first kappa shape index (κ1) is 14.5. The highest BCUT2D eigenvalue weighted by atomic mass is 79.9. The van der Waals surface area contributed by atoms with Crippen LogP contribution in [-0.2, 0) is 6.42 Å². The van der Waals surface area contributed by atoms with E-state index in [-0.39, 0.29) is 5.82 Å². The van der Waals surface area contributed by atoms with Crippen molar-refractivity contribution >= 4 is 27.5 Å². The summed E-state index contributed by atoms with van der Waals surface area (Å²) in [5.41, 5.74) is 2.42. The summed E-state index contributed by atoms with van der Waals surface area (Å²) in [5.74, 6) is -0.327. The maximum atomic E-state index is 13.4. The lowest BCUT2D eigenvalue weighted by Gasteiger charge is -2.13. The standard InChI is InChI=1S/C15H13BrClFO/c1-9-5-6-10(7-12(9)17)14(19)8-11-3-2-4-13(18)15(11)16/h2-7,14,19H,8H2,1H3. The van der Waals surface area contributed by atoms with Crippen LogP contribution in [0, 0.1) is 12.7 Å². The molecule has 0 aliphatic heterocycles. The average molecular weight is 344 g/mol. The highest BCUT2D eigenvalue weighted by Crippen LogP contribution is 2.27. The molecule has 0 heterocycles. The molecule has 2 rings (SSSR count). The van der Waals surface area contributed by atoms with E-state index < -0.39 is 6.10 Å². The minimum Gasteiger partial charge on any atom is -0.388 e. The first-order chi connectivity index (χ1) is 8.99. The second-order valence-corrected chi connectivity index (χ2v) is 5.64. The van der Waals surface area contributed by atoms with Crippen molar-refractivity contribution in [2.24, 2.45) is 0 Å². The van der Waals surface area contributed by atoms with Crippen molar-refractivity contribution in [3.05, 3.63) is 68.4 Å². The molecule has 4 heteroatoms. The number of hydrogen-bond acceptors (Lipinski definition) is 1. The molecule has 19 heavy (non-hydrogen) atoms. The fourth-order valence-electron chi connectivity index (χ4n) is 1.85. The Morgan fingerprint density at radius 1 is 1.32 bits per heavy atom. The molecule has 0 spiro atoms. The van der Waals surface area contributed by atoms with Gasteiger partial charge in [-0.1, -0.05) is 35.9 Å². The van der Waals surface area contributed by atoms with Gasteiger partial charge >= 0.3 is 0 Å². The van der Waals surface area contributed by atoms with Gasteiger partial charge in [0.05, 0.1) is 10.6 Å². The summed E-state index contributed by atoms with van der Waals surface area (Å²) >= 11 is 9.23. The van der Waals surface area contributed by atoms with Crippen molar-refractivity contribution in [3.63, 3.8) is 0 Å². The van der Waals surface area contributed by atoms with Gasteiger partial charge in [0, 0.05) is 11.4 Å². The summed E-state index contributed by atoms with van der Waals surface area (Å²) in [6.45, 7) is 1.90. The lowest BCUT2D eigenvalue weighted by atomic mass is 10.0. The SMILES string of the molecule is Cc1ccc(C(O)Cc2cccc(F)c2Br)cc1Cl. The van der Waals surface area contributed by atoms with Gasteiger partial charge in [-0.05, 0) is 51.7 Å². The number of aliphatic hydroxyl groups excluding tert-OH is 1. The summed E-state index contributed by atoms with van der Waals surface area (Å²) in [5, 5.41) is 10.8. The average Bonchev–Trinajstić information content (AvgIpc) is 2.38. The number of benzene rings is 2. The summed E-state index contributed by atoms with van der Waals surface area (Å²) in [7, 11) is 0.